The third kappa shape index (κ3) is 3.50. The molecule has 0 N–H and O–H groups in total. The van der Waals surface area contributed by atoms with E-state index < -0.39 is 11.2 Å². The maximum atomic E-state index is 14.5. The minimum atomic E-state index is -0.562. The average Bonchev–Trinajstić information content (AvgIpc) is 2.68. The quantitative estimate of drug-likeness (QED) is 0.596. The summed E-state index contributed by atoms with van der Waals surface area (Å²) >= 11 is 5.89. The van der Waals surface area contributed by atoms with Crippen molar-refractivity contribution in [3.63, 3.8) is 0 Å². The van der Waals surface area contributed by atoms with Gasteiger partial charge in [0.25, 0.3) is 0 Å². The van der Waals surface area contributed by atoms with Crippen molar-refractivity contribution in [3.05, 3.63) is 64.9 Å². The lowest BCUT2D eigenvalue weighted by Crippen LogP contribution is -2.54. The highest BCUT2D eigenvalue weighted by molar-refractivity contribution is 6.30. The third-order valence-corrected chi connectivity index (χ3v) is 6.62. The summed E-state index contributed by atoms with van der Waals surface area (Å²) in [6.07, 6.45) is 4.79. The van der Waals surface area contributed by atoms with E-state index >= 15 is 0 Å². The van der Waals surface area contributed by atoms with Crippen LogP contribution in [0.5, 0.6) is 0 Å². The maximum Gasteiger partial charge on any atom is 0.233 e. The molecule has 144 valence electrons. The molecule has 0 heterocycles. The minimum absolute atomic E-state index is 0.0164. The molecule has 1 fully saturated rings. The molecule has 1 saturated carbocycles. The van der Waals surface area contributed by atoms with Gasteiger partial charge in [0.05, 0.1) is 11.1 Å². The molecule has 0 unspecified atom stereocenters. The number of nitrogens with zero attached hydrogens (tertiary/aromatic N) is 1. The highest BCUT2D eigenvalue weighted by atomic mass is 35.5. The van der Waals surface area contributed by atoms with Gasteiger partial charge < -0.3 is 4.90 Å². The lowest BCUT2D eigenvalue weighted by atomic mass is 9.55. The SMILES string of the molecule is CN(C(=O)C1(C(C)(C)c2ccccc2)CCCCC1)c1ccc(Cl)cc1F. The number of anilines is 1. The molecule has 0 atom stereocenters. The molecule has 0 radical (unpaired) electrons. The molecule has 0 spiro atoms. The number of hydrogen-bond donors (Lipinski definition) is 0. The van der Waals surface area contributed by atoms with Crippen LogP contribution in [0.3, 0.4) is 0 Å². The van der Waals surface area contributed by atoms with Gasteiger partial charge in [-0.25, -0.2) is 4.39 Å². The van der Waals surface area contributed by atoms with Gasteiger partial charge in [-0.15, -0.1) is 0 Å². The fourth-order valence-corrected chi connectivity index (χ4v) is 4.74. The van der Waals surface area contributed by atoms with Crippen LogP contribution in [0, 0.1) is 11.2 Å². The smallest absolute Gasteiger partial charge is 0.233 e. The van der Waals surface area contributed by atoms with Crippen LogP contribution in [0.1, 0.15) is 51.5 Å². The van der Waals surface area contributed by atoms with E-state index in [9.17, 15) is 9.18 Å². The highest BCUT2D eigenvalue weighted by Crippen LogP contribution is 2.52. The summed E-state index contributed by atoms with van der Waals surface area (Å²) < 4.78 is 14.5. The topological polar surface area (TPSA) is 20.3 Å². The standard InChI is InChI=1S/C23H27ClFNO/c1-22(2,17-10-6-4-7-11-17)23(14-8-5-9-15-23)21(27)26(3)20-13-12-18(24)16-19(20)25/h4,6-7,10-13,16H,5,8-9,14-15H2,1-3H3. The number of benzene rings is 2. The van der Waals surface area contributed by atoms with Gasteiger partial charge in [0.2, 0.25) is 5.91 Å². The average molecular weight is 388 g/mol. The Morgan fingerprint density at radius 1 is 1.07 bits per heavy atom. The summed E-state index contributed by atoms with van der Waals surface area (Å²) in [4.78, 5) is 15.3. The lowest BCUT2D eigenvalue weighted by molar-refractivity contribution is -0.134. The predicted molar refractivity (Wildman–Crippen MR) is 110 cm³/mol. The molecule has 0 aromatic heterocycles. The lowest BCUT2D eigenvalue weighted by Gasteiger charge is -2.49. The third-order valence-electron chi connectivity index (χ3n) is 6.38. The molecule has 27 heavy (non-hydrogen) atoms. The summed E-state index contributed by atoms with van der Waals surface area (Å²) in [7, 11) is 1.67. The van der Waals surface area contributed by atoms with Crippen molar-refractivity contribution in [2.24, 2.45) is 5.41 Å². The molecular weight excluding hydrogens is 361 g/mol. The zero-order chi connectivity index (χ0) is 19.7. The van der Waals surface area contributed by atoms with E-state index in [-0.39, 0.29) is 17.0 Å². The Balaban J connectivity index is 2.05. The van der Waals surface area contributed by atoms with Crippen LogP contribution in [-0.2, 0) is 10.2 Å². The van der Waals surface area contributed by atoms with Gasteiger partial charge in [-0.2, -0.15) is 0 Å². The van der Waals surface area contributed by atoms with Crippen molar-refractivity contribution in [3.8, 4) is 0 Å². The Kier molecular flexibility index (Phi) is 5.62. The normalized spacial score (nSPS) is 16.8. The van der Waals surface area contributed by atoms with Crippen molar-refractivity contribution in [2.75, 3.05) is 11.9 Å². The van der Waals surface area contributed by atoms with Crippen molar-refractivity contribution >= 4 is 23.2 Å². The van der Waals surface area contributed by atoms with E-state index in [0.717, 1.165) is 37.7 Å². The van der Waals surface area contributed by atoms with Crippen molar-refractivity contribution < 1.29 is 9.18 Å². The van der Waals surface area contributed by atoms with Gasteiger partial charge in [-0.3, -0.25) is 4.79 Å². The summed E-state index contributed by atoms with van der Waals surface area (Å²) in [5.41, 5.74) is 0.500. The number of halogens is 2. The van der Waals surface area contributed by atoms with Crippen LogP contribution in [0.2, 0.25) is 5.02 Å². The van der Waals surface area contributed by atoms with E-state index in [4.69, 9.17) is 11.6 Å². The molecule has 1 aliphatic rings. The second-order valence-electron chi connectivity index (χ2n) is 8.09. The van der Waals surface area contributed by atoms with Crippen molar-refractivity contribution in [1.82, 2.24) is 0 Å². The van der Waals surface area contributed by atoms with Gasteiger partial charge in [-0.1, -0.05) is 75.0 Å². The molecule has 2 aromatic carbocycles. The number of carbonyl (C=O) groups excluding carboxylic acids is 1. The maximum absolute atomic E-state index is 14.5. The largest absolute Gasteiger partial charge is 0.312 e. The van der Waals surface area contributed by atoms with Crippen molar-refractivity contribution in [1.29, 1.82) is 0 Å². The molecule has 2 aromatic rings. The van der Waals surface area contributed by atoms with E-state index in [0.29, 0.717) is 5.02 Å². The number of carbonyl (C=O) groups is 1. The number of amides is 1. The molecule has 1 aliphatic carbocycles. The zero-order valence-electron chi connectivity index (χ0n) is 16.3. The second kappa shape index (κ2) is 7.63. The van der Waals surface area contributed by atoms with Crippen LogP contribution in [0.4, 0.5) is 10.1 Å². The molecule has 1 amide bonds. The van der Waals surface area contributed by atoms with Crippen LogP contribution in [0.25, 0.3) is 0 Å². The van der Waals surface area contributed by atoms with Gasteiger partial charge in [-0.05, 0) is 36.6 Å². The fourth-order valence-electron chi connectivity index (χ4n) is 4.58. The Bertz CT molecular complexity index is 812. The zero-order valence-corrected chi connectivity index (χ0v) is 17.0. The summed E-state index contributed by atoms with van der Waals surface area (Å²) in [6, 6.07) is 14.7. The highest BCUT2D eigenvalue weighted by Gasteiger charge is 2.53. The number of hydrogen-bond acceptors (Lipinski definition) is 1. The predicted octanol–water partition coefficient (Wildman–Crippen LogP) is 6.37. The van der Waals surface area contributed by atoms with Gasteiger partial charge in [0, 0.05) is 17.5 Å². The first-order chi connectivity index (χ1) is 12.8. The van der Waals surface area contributed by atoms with E-state index in [2.05, 4.69) is 26.0 Å². The van der Waals surface area contributed by atoms with Crippen LogP contribution in [0.15, 0.2) is 48.5 Å². The number of rotatable bonds is 4. The Hall–Kier alpha value is -1.87. The first-order valence-corrected chi connectivity index (χ1v) is 9.96. The summed E-state index contributed by atoms with van der Waals surface area (Å²) in [6.45, 7) is 4.30. The minimum Gasteiger partial charge on any atom is -0.312 e. The molecule has 3 rings (SSSR count). The molecule has 0 saturated heterocycles. The Labute approximate surface area is 166 Å². The first-order valence-electron chi connectivity index (χ1n) is 9.58. The van der Waals surface area contributed by atoms with Crippen molar-refractivity contribution in [2.45, 2.75) is 51.4 Å². The van der Waals surface area contributed by atoms with E-state index in [1.54, 1.807) is 19.2 Å². The van der Waals surface area contributed by atoms with Crippen LogP contribution in [-0.4, -0.2) is 13.0 Å². The fraction of sp³-hybridized carbons (Fsp3) is 0.435. The molecular formula is C23H27ClFNO. The van der Waals surface area contributed by atoms with Gasteiger partial charge in [0.15, 0.2) is 0 Å². The molecule has 0 bridgehead atoms. The monoisotopic (exact) mass is 387 g/mol. The first kappa shape index (κ1) is 19.9. The van der Waals surface area contributed by atoms with E-state index in [1.807, 2.05) is 18.2 Å². The van der Waals surface area contributed by atoms with Crippen LogP contribution < -0.4 is 4.90 Å². The second-order valence-corrected chi connectivity index (χ2v) is 8.53. The molecule has 4 heteroatoms. The molecule has 0 aliphatic heterocycles. The van der Waals surface area contributed by atoms with E-state index in [1.165, 1.54) is 11.0 Å². The van der Waals surface area contributed by atoms with Gasteiger partial charge in [0.1, 0.15) is 5.82 Å². The summed E-state index contributed by atoms with van der Waals surface area (Å²) in [5, 5.41) is 0.328. The van der Waals surface area contributed by atoms with Crippen LogP contribution >= 0.6 is 11.6 Å². The summed E-state index contributed by atoms with van der Waals surface area (Å²) in [5.74, 6) is -0.487. The molecule has 2 nitrogen and oxygen atoms in total. The Morgan fingerprint density at radius 2 is 1.70 bits per heavy atom. The Morgan fingerprint density at radius 3 is 2.30 bits per heavy atom. The van der Waals surface area contributed by atoms with Gasteiger partial charge >= 0.3 is 0 Å².